The van der Waals surface area contributed by atoms with Gasteiger partial charge in [0.1, 0.15) is 5.82 Å². The summed E-state index contributed by atoms with van der Waals surface area (Å²) < 4.78 is 15.1. The van der Waals surface area contributed by atoms with Crippen LogP contribution in [0.4, 0.5) is 4.39 Å². The number of benzene rings is 1. The summed E-state index contributed by atoms with van der Waals surface area (Å²) in [5, 5.41) is 0. The number of rotatable bonds is 3. The zero-order valence-corrected chi connectivity index (χ0v) is 14.2. The molecule has 0 spiro atoms. The summed E-state index contributed by atoms with van der Waals surface area (Å²) in [5.74, 6) is -0.598. The van der Waals surface area contributed by atoms with Crippen molar-refractivity contribution in [3.05, 3.63) is 69.9 Å². The lowest BCUT2D eigenvalue weighted by molar-refractivity contribution is 0.0997. The molecule has 0 unspecified atom stereocenters. The minimum atomic E-state index is -0.326. The van der Waals surface area contributed by atoms with E-state index in [9.17, 15) is 9.18 Å². The summed E-state index contributed by atoms with van der Waals surface area (Å²) >= 11 is 1.47. The van der Waals surface area contributed by atoms with Crippen molar-refractivity contribution in [1.82, 2.24) is 9.55 Å². The maximum absolute atomic E-state index is 13.2. The van der Waals surface area contributed by atoms with Crippen LogP contribution in [-0.4, -0.2) is 15.5 Å². The van der Waals surface area contributed by atoms with Crippen LogP contribution in [0.2, 0.25) is 0 Å². The van der Waals surface area contributed by atoms with E-state index < -0.39 is 0 Å². The van der Waals surface area contributed by atoms with Crippen LogP contribution in [0, 0.1) is 5.82 Å². The quantitative estimate of drug-likeness (QED) is 0.731. The SMILES string of the molecule is CCc1sc(=NC(=O)c2cccnc2)n(C)c1-c1ccc(F)cc1. The van der Waals surface area contributed by atoms with Crippen LogP contribution in [0.3, 0.4) is 0 Å². The minimum Gasteiger partial charge on any atom is -0.319 e. The molecule has 0 aliphatic heterocycles. The third kappa shape index (κ3) is 3.19. The van der Waals surface area contributed by atoms with Gasteiger partial charge >= 0.3 is 0 Å². The lowest BCUT2D eigenvalue weighted by atomic mass is 10.1. The molecule has 0 radical (unpaired) electrons. The van der Waals surface area contributed by atoms with E-state index in [2.05, 4.69) is 9.98 Å². The van der Waals surface area contributed by atoms with Gasteiger partial charge in [-0.3, -0.25) is 9.78 Å². The van der Waals surface area contributed by atoms with Crippen molar-refractivity contribution in [3.63, 3.8) is 0 Å². The number of thiazole rings is 1. The summed E-state index contributed by atoms with van der Waals surface area (Å²) in [7, 11) is 1.86. The maximum Gasteiger partial charge on any atom is 0.281 e. The molecule has 2 aromatic heterocycles. The number of nitrogens with zero attached hydrogens (tertiary/aromatic N) is 3. The van der Waals surface area contributed by atoms with Crippen molar-refractivity contribution in [1.29, 1.82) is 0 Å². The molecule has 24 heavy (non-hydrogen) atoms. The van der Waals surface area contributed by atoms with Crippen LogP contribution in [0.1, 0.15) is 22.2 Å². The van der Waals surface area contributed by atoms with E-state index in [4.69, 9.17) is 0 Å². The molecule has 3 aromatic rings. The Labute approximate surface area is 143 Å². The predicted molar refractivity (Wildman–Crippen MR) is 92.2 cm³/mol. The van der Waals surface area contributed by atoms with Gasteiger partial charge in [0, 0.05) is 24.3 Å². The number of pyridine rings is 1. The van der Waals surface area contributed by atoms with Crippen molar-refractivity contribution in [2.75, 3.05) is 0 Å². The molecule has 0 saturated carbocycles. The zero-order valence-electron chi connectivity index (χ0n) is 13.4. The monoisotopic (exact) mass is 341 g/mol. The van der Waals surface area contributed by atoms with Gasteiger partial charge in [0.25, 0.3) is 5.91 Å². The lowest BCUT2D eigenvalue weighted by Gasteiger charge is -2.05. The molecular formula is C18H16FN3OS. The highest BCUT2D eigenvalue weighted by atomic mass is 32.1. The van der Waals surface area contributed by atoms with E-state index in [-0.39, 0.29) is 11.7 Å². The normalized spacial score (nSPS) is 11.7. The van der Waals surface area contributed by atoms with Crippen LogP contribution in [-0.2, 0) is 13.5 Å². The van der Waals surface area contributed by atoms with Gasteiger partial charge in [-0.05, 0) is 48.4 Å². The Morgan fingerprint density at radius 1 is 1.29 bits per heavy atom. The van der Waals surface area contributed by atoms with Crippen molar-refractivity contribution in [2.24, 2.45) is 12.0 Å². The summed E-state index contributed by atoms with van der Waals surface area (Å²) in [6.07, 6.45) is 3.92. The van der Waals surface area contributed by atoms with E-state index >= 15 is 0 Å². The average molecular weight is 341 g/mol. The van der Waals surface area contributed by atoms with Crippen LogP contribution in [0.25, 0.3) is 11.3 Å². The lowest BCUT2D eigenvalue weighted by Crippen LogP contribution is -2.14. The molecule has 6 heteroatoms. The van der Waals surface area contributed by atoms with E-state index in [1.165, 1.54) is 29.7 Å². The molecule has 0 aliphatic carbocycles. The first-order chi connectivity index (χ1) is 11.6. The summed E-state index contributed by atoms with van der Waals surface area (Å²) in [4.78, 5) is 22.2. The Balaban J connectivity index is 2.09. The topological polar surface area (TPSA) is 47.2 Å². The van der Waals surface area contributed by atoms with Gasteiger partial charge in [-0.15, -0.1) is 11.3 Å². The largest absolute Gasteiger partial charge is 0.319 e. The Kier molecular flexibility index (Phi) is 4.66. The van der Waals surface area contributed by atoms with Gasteiger partial charge in [-0.2, -0.15) is 4.99 Å². The average Bonchev–Trinajstić information content (AvgIpc) is 2.92. The zero-order chi connectivity index (χ0) is 17.1. The van der Waals surface area contributed by atoms with Gasteiger partial charge in [-0.25, -0.2) is 4.39 Å². The summed E-state index contributed by atoms with van der Waals surface area (Å²) in [6, 6.07) is 9.74. The van der Waals surface area contributed by atoms with Crippen molar-refractivity contribution in [2.45, 2.75) is 13.3 Å². The molecule has 0 atom stereocenters. The van der Waals surface area contributed by atoms with Crippen LogP contribution < -0.4 is 4.80 Å². The molecular weight excluding hydrogens is 325 g/mol. The summed E-state index contributed by atoms with van der Waals surface area (Å²) in [6.45, 7) is 2.05. The number of halogens is 1. The third-order valence-corrected chi connectivity index (χ3v) is 4.92. The minimum absolute atomic E-state index is 0.272. The molecule has 0 aliphatic rings. The number of carbonyl (C=O) groups is 1. The maximum atomic E-state index is 13.2. The fourth-order valence-corrected chi connectivity index (χ4v) is 3.52. The molecule has 122 valence electrons. The highest BCUT2D eigenvalue weighted by Gasteiger charge is 2.13. The Hall–Kier alpha value is -2.60. The molecule has 0 fully saturated rings. The second-order valence-electron chi connectivity index (χ2n) is 5.23. The fourth-order valence-electron chi connectivity index (χ4n) is 2.45. The number of carbonyl (C=O) groups excluding carboxylic acids is 1. The van der Waals surface area contributed by atoms with Crippen LogP contribution in [0.5, 0.6) is 0 Å². The number of aromatic nitrogens is 2. The number of amides is 1. The second-order valence-corrected chi connectivity index (χ2v) is 6.30. The van der Waals surface area contributed by atoms with Gasteiger partial charge in [0.15, 0.2) is 4.80 Å². The highest BCUT2D eigenvalue weighted by Crippen LogP contribution is 2.26. The van der Waals surface area contributed by atoms with E-state index in [0.717, 1.165) is 22.6 Å². The third-order valence-electron chi connectivity index (χ3n) is 3.65. The second kappa shape index (κ2) is 6.88. The first-order valence-corrected chi connectivity index (χ1v) is 8.35. The van der Waals surface area contributed by atoms with E-state index in [0.29, 0.717) is 10.4 Å². The van der Waals surface area contributed by atoms with Crippen LogP contribution in [0.15, 0.2) is 53.8 Å². The highest BCUT2D eigenvalue weighted by molar-refractivity contribution is 7.09. The Bertz CT molecular complexity index is 927. The van der Waals surface area contributed by atoms with Crippen LogP contribution >= 0.6 is 11.3 Å². The smallest absolute Gasteiger partial charge is 0.281 e. The standard InChI is InChI=1S/C18H16FN3OS/c1-3-15-16(12-6-8-14(19)9-7-12)22(2)18(24-15)21-17(23)13-5-4-10-20-11-13/h4-11H,3H2,1-2H3. The molecule has 2 heterocycles. The summed E-state index contributed by atoms with van der Waals surface area (Å²) in [5.41, 5.74) is 2.31. The van der Waals surface area contributed by atoms with Gasteiger partial charge in [-0.1, -0.05) is 6.92 Å². The first kappa shape index (κ1) is 16.3. The molecule has 0 N–H and O–H groups in total. The van der Waals surface area contributed by atoms with Crippen molar-refractivity contribution < 1.29 is 9.18 Å². The number of aryl methyl sites for hydroxylation is 1. The predicted octanol–water partition coefficient (Wildman–Crippen LogP) is 3.59. The van der Waals surface area contributed by atoms with E-state index in [1.807, 2.05) is 18.5 Å². The molecule has 0 bridgehead atoms. The number of hydrogen-bond acceptors (Lipinski definition) is 3. The van der Waals surface area contributed by atoms with Crippen molar-refractivity contribution >= 4 is 17.2 Å². The fraction of sp³-hybridized carbons (Fsp3) is 0.167. The molecule has 1 aromatic carbocycles. The molecule has 3 rings (SSSR count). The first-order valence-electron chi connectivity index (χ1n) is 7.54. The molecule has 0 saturated heterocycles. The van der Waals surface area contributed by atoms with Gasteiger partial charge < -0.3 is 4.57 Å². The number of hydrogen-bond donors (Lipinski definition) is 0. The van der Waals surface area contributed by atoms with Gasteiger partial charge in [0.05, 0.1) is 11.3 Å². The van der Waals surface area contributed by atoms with E-state index in [1.54, 1.807) is 30.5 Å². The Morgan fingerprint density at radius 2 is 2.04 bits per heavy atom. The molecule has 1 amide bonds. The Morgan fingerprint density at radius 3 is 2.67 bits per heavy atom. The van der Waals surface area contributed by atoms with Gasteiger partial charge in [0.2, 0.25) is 0 Å². The molecule has 4 nitrogen and oxygen atoms in total. The van der Waals surface area contributed by atoms with Crippen molar-refractivity contribution in [3.8, 4) is 11.3 Å².